The molecule has 3 rings (SSSR count). The van der Waals surface area contributed by atoms with Crippen molar-refractivity contribution in [3.05, 3.63) is 48.2 Å². The Balaban J connectivity index is 2.00. The molecule has 2 heterocycles. The van der Waals surface area contributed by atoms with Crippen LogP contribution in [0.15, 0.2) is 42.6 Å². The molecule has 0 fully saturated rings. The van der Waals surface area contributed by atoms with Crippen molar-refractivity contribution in [1.82, 2.24) is 15.0 Å². The molecule has 0 radical (unpaired) electrons. The van der Waals surface area contributed by atoms with Crippen molar-refractivity contribution < 1.29 is 9.53 Å². The molecule has 0 spiro atoms. The quantitative estimate of drug-likeness (QED) is 0.772. The lowest BCUT2D eigenvalue weighted by molar-refractivity contribution is 0.0783. The molecule has 0 aliphatic rings. The van der Waals surface area contributed by atoms with E-state index in [0.717, 1.165) is 22.5 Å². The fourth-order valence-corrected chi connectivity index (χ4v) is 2.51. The van der Waals surface area contributed by atoms with Gasteiger partial charge in [0.1, 0.15) is 17.4 Å². The number of nitrogens with zero attached hydrogens (tertiary/aromatic N) is 2. The molecule has 3 N–H and O–H groups in total. The zero-order valence-corrected chi connectivity index (χ0v) is 13.0. The van der Waals surface area contributed by atoms with Gasteiger partial charge >= 0.3 is 6.09 Å². The number of H-pyrrole nitrogens is 1. The summed E-state index contributed by atoms with van der Waals surface area (Å²) in [6, 6.07) is 11.7. The summed E-state index contributed by atoms with van der Waals surface area (Å²) in [5, 5.41) is 0. The summed E-state index contributed by atoms with van der Waals surface area (Å²) >= 11 is 0. The number of aromatic nitrogens is 3. The van der Waals surface area contributed by atoms with Crippen LogP contribution in [0.25, 0.3) is 22.6 Å². The molecule has 0 saturated heterocycles. The number of imidazole rings is 1. The first kappa shape index (κ1) is 15.0. The van der Waals surface area contributed by atoms with Crippen molar-refractivity contribution in [3.8, 4) is 11.4 Å². The summed E-state index contributed by atoms with van der Waals surface area (Å²) in [6.45, 7) is 3.91. The Bertz CT molecular complexity index is 827. The highest BCUT2D eigenvalue weighted by Gasteiger charge is 2.21. The lowest BCUT2D eigenvalue weighted by atomic mass is 10.0. The zero-order valence-electron chi connectivity index (χ0n) is 13.0. The van der Waals surface area contributed by atoms with Crippen LogP contribution in [0.5, 0.6) is 0 Å². The topological polar surface area (TPSA) is 93.9 Å². The second-order valence-electron chi connectivity index (χ2n) is 5.69. The van der Waals surface area contributed by atoms with Crippen LogP contribution in [0.3, 0.4) is 0 Å². The maximum Gasteiger partial charge on any atom is 0.405 e. The molecule has 0 aliphatic heterocycles. The third-order valence-corrected chi connectivity index (χ3v) is 3.58. The van der Waals surface area contributed by atoms with Crippen molar-refractivity contribution in [2.45, 2.75) is 20.0 Å². The average molecular weight is 310 g/mol. The largest absolute Gasteiger partial charge is 0.441 e. The molecule has 1 amide bonds. The lowest BCUT2D eigenvalue weighted by Gasteiger charge is -2.20. The second kappa shape index (κ2) is 6.08. The van der Waals surface area contributed by atoms with Crippen LogP contribution >= 0.6 is 0 Å². The summed E-state index contributed by atoms with van der Waals surface area (Å²) in [5.74, 6) is 0.830. The van der Waals surface area contributed by atoms with Gasteiger partial charge in [0, 0.05) is 17.3 Å². The monoisotopic (exact) mass is 310 g/mol. The van der Waals surface area contributed by atoms with Gasteiger partial charge < -0.3 is 15.5 Å². The smallest absolute Gasteiger partial charge is 0.405 e. The lowest BCUT2D eigenvalue weighted by Crippen LogP contribution is -2.20. The minimum Gasteiger partial charge on any atom is -0.441 e. The van der Waals surface area contributed by atoms with E-state index in [-0.39, 0.29) is 5.92 Å². The molecule has 0 bridgehead atoms. The Morgan fingerprint density at radius 1 is 1.26 bits per heavy atom. The fourth-order valence-electron chi connectivity index (χ4n) is 2.51. The van der Waals surface area contributed by atoms with Gasteiger partial charge in [-0.15, -0.1) is 0 Å². The number of rotatable bonds is 4. The van der Waals surface area contributed by atoms with Gasteiger partial charge in [-0.3, -0.25) is 0 Å². The van der Waals surface area contributed by atoms with E-state index in [1.54, 1.807) is 6.20 Å². The van der Waals surface area contributed by atoms with E-state index in [0.29, 0.717) is 5.65 Å². The van der Waals surface area contributed by atoms with Crippen molar-refractivity contribution in [2.24, 2.45) is 11.7 Å². The Hall–Kier alpha value is -2.89. The molecular formula is C17H18N4O2. The fraction of sp³-hybridized carbons (Fsp3) is 0.235. The molecular weight excluding hydrogens is 292 g/mol. The number of benzene rings is 1. The van der Waals surface area contributed by atoms with Gasteiger partial charge in [-0.25, -0.2) is 14.8 Å². The highest BCUT2D eigenvalue weighted by atomic mass is 16.6. The number of aromatic amines is 1. The van der Waals surface area contributed by atoms with Crippen LogP contribution in [0.1, 0.15) is 25.5 Å². The summed E-state index contributed by atoms with van der Waals surface area (Å²) in [7, 11) is 0. The van der Waals surface area contributed by atoms with Crippen LogP contribution in [0.2, 0.25) is 0 Å². The number of amides is 1. The number of nitrogens with one attached hydrogen (secondary N) is 1. The summed E-state index contributed by atoms with van der Waals surface area (Å²) in [5.41, 5.74) is 8.33. The normalized spacial score (nSPS) is 12.5. The van der Waals surface area contributed by atoms with Crippen LogP contribution in [0, 0.1) is 5.92 Å². The van der Waals surface area contributed by atoms with Crippen LogP contribution in [-0.2, 0) is 4.74 Å². The predicted molar refractivity (Wildman–Crippen MR) is 87.6 cm³/mol. The molecule has 0 saturated carbocycles. The Morgan fingerprint density at radius 2 is 2.00 bits per heavy atom. The predicted octanol–water partition coefficient (Wildman–Crippen LogP) is 3.42. The zero-order chi connectivity index (χ0) is 16.4. The Kier molecular flexibility index (Phi) is 3.97. The number of nitrogens with two attached hydrogens (primary N) is 1. The van der Waals surface area contributed by atoms with Crippen LogP contribution in [-0.4, -0.2) is 21.0 Å². The molecule has 23 heavy (non-hydrogen) atoms. The first-order chi connectivity index (χ1) is 11.0. The van der Waals surface area contributed by atoms with E-state index in [2.05, 4.69) is 15.0 Å². The molecule has 1 atom stereocenters. The molecule has 1 unspecified atom stereocenters. The van der Waals surface area contributed by atoms with Crippen molar-refractivity contribution in [3.63, 3.8) is 0 Å². The third-order valence-electron chi connectivity index (χ3n) is 3.58. The van der Waals surface area contributed by atoms with E-state index < -0.39 is 12.2 Å². The number of hydrogen-bond donors (Lipinski definition) is 2. The van der Waals surface area contributed by atoms with Crippen LogP contribution < -0.4 is 5.73 Å². The number of pyridine rings is 1. The molecule has 6 heteroatoms. The van der Waals surface area contributed by atoms with Gasteiger partial charge in [-0.2, -0.15) is 0 Å². The molecule has 2 aromatic heterocycles. The molecule has 3 aromatic rings. The van der Waals surface area contributed by atoms with Gasteiger partial charge in [0.25, 0.3) is 0 Å². The molecule has 118 valence electrons. The standard InChI is InChI=1S/C17H18N4O2/c1-10(2)14(23-17(18)22)12-8-13-16(19-9-12)21-15(20-13)11-6-4-3-5-7-11/h3-10,14H,1-2H3,(H2,18,22)(H,19,20,21). The number of primary amides is 1. The van der Waals surface area contributed by atoms with Gasteiger partial charge in [0.2, 0.25) is 0 Å². The van der Waals surface area contributed by atoms with E-state index in [1.807, 2.05) is 50.2 Å². The number of fused-ring (bicyclic) bond motifs is 1. The van der Waals surface area contributed by atoms with E-state index in [9.17, 15) is 4.79 Å². The minimum atomic E-state index is -0.796. The van der Waals surface area contributed by atoms with Crippen molar-refractivity contribution >= 4 is 17.3 Å². The number of carbonyl (C=O) groups is 1. The summed E-state index contributed by atoms with van der Waals surface area (Å²) < 4.78 is 5.20. The maximum absolute atomic E-state index is 11.1. The molecule has 6 nitrogen and oxygen atoms in total. The Labute approximate surface area is 133 Å². The van der Waals surface area contributed by atoms with E-state index >= 15 is 0 Å². The van der Waals surface area contributed by atoms with Crippen LogP contribution in [0.4, 0.5) is 4.79 Å². The molecule has 0 aliphatic carbocycles. The maximum atomic E-state index is 11.1. The first-order valence-corrected chi connectivity index (χ1v) is 7.42. The van der Waals surface area contributed by atoms with Gasteiger partial charge in [-0.05, 0) is 12.0 Å². The highest BCUT2D eigenvalue weighted by molar-refractivity contribution is 5.76. The highest BCUT2D eigenvalue weighted by Crippen LogP contribution is 2.28. The van der Waals surface area contributed by atoms with E-state index in [4.69, 9.17) is 10.5 Å². The van der Waals surface area contributed by atoms with E-state index in [1.165, 1.54) is 0 Å². The first-order valence-electron chi connectivity index (χ1n) is 7.42. The summed E-state index contributed by atoms with van der Waals surface area (Å²) in [4.78, 5) is 23.3. The number of hydrogen-bond acceptors (Lipinski definition) is 4. The van der Waals surface area contributed by atoms with Gasteiger partial charge in [-0.1, -0.05) is 44.2 Å². The van der Waals surface area contributed by atoms with Crippen molar-refractivity contribution in [1.29, 1.82) is 0 Å². The van der Waals surface area contributed by atoms with Gasteiger partial charge in [0.15, 0.2) is 5.65 Å². The number of ether oxygens (including phenoxy) is 1. The minimum absolute atomic E-state index is 0.0780. The van der Waals surface area contributed by atoms with Gasteiger partial charge in [0.05, 0.1) is 0 Å². The second-order valence-corrected chi connectivity index (χ2v) is 5.69. The number of carbonyl (C=O) groups excluding carboxylic acids is 1. The third kappa shape index (κ3) is 3.15. The molecule has 1 aromatic carbocycles. The average Bonchev–Trinajstić information content (AvgIpc) is 2.96. The Morgan fingerprint density at radius 3 is 2.65 bits per heavy atom. The SMILES string of the molecule is CC(C)C(OC(N)=O)c1cnc2[nH]c(-c3ccccc3)nc2c1. The summed E-state index contributed by atoms with van der Waals surface area (Å²) in [6.07, 6.45) is 0.445. The van der Waals surface area contributed by atoms with Crippen molar-refractivity contribution in [2.75, 3.05) is 0 Å².